The molecule has 0 fully saturated rings. The van der Waals surface area contributed by atoms with E-state index in [4.69, 9.17) is 9.47 Å². The number of aromatic nitrogens is 2. The molecule has 146 valence electrons. The number of para-hydroxylation sites is 1. The summed E-state index contributed by atoms with van der Waals surface area (Å²) in [7, 11) is 1.37. The van der Waals surface area contributed by atoms with E-state index in [1.807, 2.05) is 71.5 Å². The molecular weight excluding hydrogens is 500 g/mol. The highest BCUT2D eigenvalue weighted by Gasteiger charge is 2.13. The Morgan fingerprint density at radius 1 is 1.03 bits per heavy atom. The van der Waals surface area contributed by atoms with Crippen molar-refractivity contribution in [1.82, 2.24) is 9.78 Å². The first-order valence-corrected chi connectivity index (χ1v) is 10.4. The SMILES string of the molecule is COC(=O)Cc1cc(Br)c(Oc2ccc3nn(-c4ccccc4)cc3c2)c(Br)c1. The molecule has 0 radical (unpaired) electrons. The van der Waals surface area contributed by atoms with Gasteiger partial charge in [0.2, 0.25) is 0 Å². The van der Waals surface area contributed by atoms with E-state index in [1.54, 1.807) is 0 Å². The third kappa shape index (κ3) is 4.36. The molecule has 4 rings (SSSR count). The maximum Gasteiger partial charge on any atom is 0.309 e. The van der Waals surface area contributed by atoms with Crippen LogP contribution >= 0.6 is 31.9 Å². The molecule has 29 heavy (non-hydrogen) atoms. The zero-order chi connectivity index (χ0) is 20.4. The monoisotopic (exact) mass is 514 g/mol. The van der Waals surface area contributed by atoms with Crippen molar-refractivity contribution < 1.29 is 14.3 Å². The number of rotatable bonds is 5. The van der Waals surface area contributed by atoms with Crippen molar-refractivity contribution in [3.05, 3.63) is 81.4 Å². The van der Waals surface area contributed by atoms with Gasteiger partial charge in [-0.1, -0.05) is 18.2 Å². The summed E-state index contributed by atoms with van der Waals surface area (Å²) < 4.78 is 14.2. The largest absolute Gasteiger partial charge is 0.469 e. The van der Waals surface area contributed by atoms with Crippen LogP contribution < -0.4 is 4.74 Å². The standard InChI is InChI=1S/C22H16Br2N2O3/c1-28-21(27)11-14-9-18(23)22(19(24)10-14)29-17-7-8-20-15(12-17)13-26(25-20)16-5-3-2-4-6-16/h2-10,12-13H,11H2,1H3. The number of esters is 1. The first-order valence-electron chi connectivity index (χ1n) is 8.81. The van der Waals surface area contributed by atoms with Crippen LogP contribution in [-0.2, 0) is 16.0 Å². The molecule has 0 saturated carbocycles. The Kier molecular flexibility index (Phi) is 5.69. The van der Waals surface area contributed by atoms with Crippen molar-refractivity contribution in [3.8, 4) is 17.2 Å². The summed E-state index contributed by atoms with van der Waals surface area (Å²) in [4.78, 5) is 11.5. The Balaban J connectivity index is 1.61. The number of hydrogen-bond acceptors (Lipinski definition) is 4. The molecule has 0 aliphatic heterocycles. The summed E-state index contributed by atoms with van der Waals surface area (Å²) in [5, 5.41) is 5.59. The van der Waals surface area contributed by atoms with E-state index in [0.29, 0.717) is 11.5 Å². The van der Waals surface area contributed by atoms with Gasteiger partial charge in [-0.05, 0) is 79.9 Å². The number of methoxy groups -OCH3 is 1. The quantitative estimate of drug-likeness (QED) is 0.303. The molecular formula is C22H16Br2N2O3. The van der Waals surface area contributed by atoms with Crippen molar-refractivity contribution in [3.63, 3.8) is 0 Å². The van der Waals surface area contributed by atoms with Gasteiger partial charge in [0.1, 0.15) is 5.75 Å². The first kappa shape index (κ1) is 19.7. The van der Waals surface area contributed by atoms with Gasteiger partial charge in [-0.25, -0.2) is 4.68 Å². The summed E-state index contributed by atoms with van der Waals surface area (Å²) in [5.41, 5.74) is 2.70. The second-order valence-corrected chi connectivity index (χ2v) is 8.08. The van der Waals surface area contributed by atoms with Crippen molar-refractivity contribution in [2.75, 3.05) is 7.11 Å². The highest BCUT2D eigenvalue weighted by molar-refractivity contribution is 9.11. The Morgan fingerprint density at radius 2 is 1.76 bits per heavy atom. The number of ether oxygens (including phenoxy) is 2. The summed E-state index contributed by atoms with van der Waals surface area (Å²) in [6.07, 6.45) is 2.17. The molecule has 7 heteroatoms. The van der Waals surface area contributed by atoms with Gasteiger partial charge in [0.15, 0.2) is 5.75 Å². The van der Waals surface area contributed by atoms with Gasteiger partial charge in [0.05, 0.1) is 33.7 Å². The van der Waals surface area contributed by atoms with Crippen molar-refractivity contribution in [2.45, 2.75) is 6.42 Å². The van der Waals surface area contributed by atoms with E-state index in [2.05, 4.69) is 37.0 Å². The summed E-state index contributed by atoms with van der Waals surface area (Å²) in [5.74, 6) is 1.03. The molecule has 4 aromatic rings. The lowest BCUT2D eigenvalue weighted by Crippen LogP contribution is -2.04. The first-order chi connectivity index (χ1) is 14.0. The average Bonchev–Trinajstić information content (AvgIpc) is 3.15. The predicted octanol–water partition coefficient (Wildman–Crippen LogP) is 6.06. The Labute approximate surface area is 184 Å². The minimum Gasteiger partial charge on any atom is -0.469 e. The van der Waals surface area contributed by atoms with Crippen LogP contribution in [0.3, 0.4) is 0 Å². The predicted molar refractivity (Wildman–Crippen MR) is 119 cm³/mol. The Morgan fingerprint density at radius 3 is 2.45 bits per heavy atom. The van der Waals surface area contributed by atoms with Gasteiger partial charge >= 0.3 is 5.97 Å². The minimum atomic E-state index is -0.293. The number of hydrogen-bond donors (Lipinski definition) is 0. The van der Waals surface area contributed by atoms with Crippen LogP contribution in [-0.4, -0.2) is 22.9 Å². The fourth-order valence-corrected chi connectivity index (χ4v) is 4.39. The summed E-state index contributed by atoms with van der Waals surface area (Å²) in [6, 6.07) is 19.4. The van der Waals surface area contributed by atoms with Gasteiger partial charge in [-0.2, -0.15) is 5.10 Å². The second-order valence-electron chi connectivity index (χ2n) is 6.37. The van der Waals surface area contributed by atoms with Crippen LogP contribution in [0.15, 0.2) is 75.8 Å². The molecule has 0 amide bonds. The molecule has 0 aliphatic rings. The molecule has 1 heterocycles. The lowest BCUT2D eigenvalue weighted by Gasteiger charge is -2.12. The van der Waals surface area contributed by atoms with Gasteiger partial charge in [-0.15, -0.1) is 0 Å². The minimum absolute atomic E-state index is 0.193. The third-order valence-electron chi connectivity index (χ3n) is 4.35. The molecule has 0 unspecified atom stereocenters. The highest BCUT2D eigenvalue weighted by Crippen LogP contribution is 2.38. The molecule has 3 aromatic carbocycles. The van der Waals surface area contributed by atoms with E-state index < -0.39 is 0 Å². The van der Waals surface area contributed by atoms with Gasteiger partial charge in [0.25, 0.3) is 0 Å². The van der Waals surface area contributed by atoms with E-state index in [0.717, 1.165) is 31.1 Å². The van der Waals surface area contributed by atoms with Crippen LogP contribution in [0.2, 0.25) is 0 Å². The van der Waals surface area contributed by atoms with Crippen molar-refractivity contribution in [1.29, 1.82) is 0 Å². The van der Waals surface area contributed by atoms with Crippen molar-refractivity contribution >= 4 is 48.7 Å². The van der Waals surface area contributed by atoms with Crippen molar-refractivity contribution in [2.24, 2.45) is 0 Å². The van der Waals surface area contributed by atoms with E-state index in [-0.39, 0.29) is 12.4 Å². The van der Waals surface area contributed by atoms with Crippen LogP contribution in [0.5, 0.6) is 11.5 Å². The number of nitrogens with zero attached hydrogens (tertiary/aromatic N) is 2. The van der Waals surface area contributed by atoms with Crippen LogP contribution in [0.25, 0.3) is 16.6 Å². The third-order valence-corrected chi connectivity index (χ3v) is 5.53. The number of halogens is 2. The maximum atomic E-state index is 11.5. The molecule has 0 aliphatic carbocycles. The van der Waals surface area contributed by atoms with Gasteiger partial charge in [-0.3, -0.25) is 4.79 Å². The number of fused-ring (bicyclic) bond motifs is 1. The smallest absolute Gasteiger partial charge is 0.309 e. The zero-order valence-corrected chi connectivity index (χ0v) is 18.6. The molecule has 0 atom stereocenters. The fraction of sp³-hybridized carbons (Fsp3) is 0.0909. The zero-order valence-electron chi connectivity index (χ0n) is 15.4. The lowest BCUT2D eigenvalue weighted by atomic mass is 10.1. The second kappa shape index (κ2) is 8.39. The van der Waals surface area contributed by atoms with Gasteiger partial charge in [0, 0.05) is 11.6 Å². The summed E-state index contributed by atoms with van der Waals surface area (Å²) >= 11 is 7.06. The van der Waals surface area contributed by atoms with E-state index in [1.165, 1.54) is 7.11 Å². The average molecular weight is 516 g/mol. The number of carbonyl (C=O) groups is 1. The Bertz CT molecular complexity index is 1170. The molecule has 5 nitrogen and oxygen atoms in total. The highest BCUT2D eigenvalue weighted by atomic mass is 79.9. The molecule has 0 saturated heterocycles. The van der Waals surface area contributed by atoms with Crippen LogP contribution in [0.1, 0.15) is 5.56 Å². The van der Waals surface area contributed by atoms with Crippen LogP contribution in [0, 0.1) is 0 Å². The fourth-order valence-electron chi connectivity index (χ4n) is 2.95. The van der Waals surface area contributed by atoms with Crippen LogP contribution in [0.4, 0.5) is 0 Å². The number of carbonyl (C=O) groups excluding carboxylic acids is 1. The maximum absolute atomic E-state index is 11.5. The van der Waals surface area contributed by atoms with Gasteiger partial charge < -0.3 is 9.47 Å². The molecule has 0 spiro atoms. The lowest BCUT2D eigenvalue weighted by molar-refractivity contribution is -0.139. The normalized spacial score (nSPS) is 10.9. The molecule has 0 N–H and O–H groups in total. The Hall–Kier alpha value is -2.64. The topological polar surface area (TPSA) is 53.4 Å². The van der Waals surface area contributed by atoms with E-state index >= 15 is 0 Å². The molecule has 1 aromatic heterocycles. The molecule has 0 bridgehead atoms. The summed E-state index contributed by atoms with van der Waals surface area (Å²) in [6.45, 7) is 0. The van der Waals surface area contributed by atoms with E-state index in [9.17, 15) is 4.79 Å². The number of benzene rings is 3.